The predicted molar refractivity (Wildman–Crippen MR) is 67.4 cm³/mol. The minimum atomic E-state index is -0.630. The topological polar surface area (TPSA) is 64.7 Å². The molecule has 1 aromatic rings. The van der Waals surface area contributed by atoms with Crippen molar-refractivity contribution in [1.29, 1.82) is 0 Å². The van der Waals surface area contributed by atoms with Crippen LogP contribution < -0.4 is 15.2 Å². The summed E-state index contributed by atoms with van der Waals surface area (Å²) in [6.45, 7) is 2.00. The van der Waals surface area contributed by atoms with Gasteiger partial charge < -0.3 is 20.3 Å². The van der Waals surface area contributed by atoms with Crippen molar-refractivity contribution >= 4 is 0 Å². The zero-order chi connectivity index (χ0) is 12.8. The number of ether oxygens (including phenoxy) is 2. The molecule has 96 valence electrons. The van der Waals surface area contributed by atoms with E-state index in [1.165, 1.54) is 0 Å². The summed E-state index contributed by atoms with van der Waals surface area (Å²) in [4.78, 5) is 0. The first-order valence-corrected chi connectivity index (χ1v) is 5.77. The quantitative estimate of drug-likeness (QED) is 0.795. The first-order chi connectivity index (χ1) is 8.12. The molecule has 0 amide bonds. The Hall–Kier alpha value is -1.26. The van der Waals surface area contributed by atoms with E-state index >= 15 is 0 Å². The van der Waals surface area contributed by atoms with Crippen LogP contribution in [0.3, 0.4) is 0 Å². The molecule has 0 saturated carbocycles. The van der Waals surface area contributed by atoms with Crippen LogP contribution >= 0.6 is 0 Å². The van der Waals surface area contributed by atoms with Crippen molar-refractivity contribution in [2.45, 2.75) is 31.9 Å². The summed E-state index contributed by atoms with van der Waals surface area (Å²) < 4.78 is 10.4. The van der Waals surface area contributed by atoms with Gasteiger partial charge in [0.05, 0.1) is 20.3 Å². The van der Waals surface area contributed by atoms with Crippen molar-refractivity contribution in [2.75, 3.05) is 14.2 Å². The monoisotopic (exact) mass is 239 g/mol. The molecule has 1 rings (SSSR count). The van der Waals surface area contributed by atoms with Crippen LogP contribution in [0.5, 0.6) is 11.5 Å². The highest BCUT2D eigenvalue weighted by Gasteiger charge is 2.16. The van der Waals surface area contributed by atoms with E-state index in [0.29, 0.717) is 17.9 Å². The van der Waals surface area contributed by atoms with Crippen molar-refractivity contribution < 1.29 is 14.6 Å². The molecule has 4 heteroatoms. The van der Waals surface area contributed by atoms with Crippen LogP contribution in [0.25, 0.3) is 0 Å². The molecule has 1 aromatic carbocycles. The van der Waals surface area contributed by atoms with Crippen LogP contribution in [0.15, 0.2) is 18.2 Å². The third-order valence-electron chi connectivity index (χ3n) is 2.85. The summed E-state index contributed by atoms with van der Waals surface area (Å²) in [6, 6.07) is 5.36. The highest BCUT2D eigenvalue weighted by molar-refractivity contribution is 5.41. The zero-order valence-corrected chi connectivity index (χ0v) is 10.6. The van der Waals surface area contributed by atoms with Crippen LogP contribution in [-0.2, 0) is 0 Å². The van der Waals surface area contributed by atoms with E-state index < -0.39 is 6.10 Å². The van der Waals surface area contributed by atoms with Gasteiger partial charge in [0, 0.05) is 11.6 Å². The van der Waals surface area contributed by atoms with Crippen molar-refractivity contribution in [2.24, 2.45) is 5.73 Å². The fourth-order valence-electron chi connectivity index (χ4n) is 1.68. The summed E-state index contributed by atoms with van der Waals surface area (Å²) >= 11 is 0. The molecule has 0 aliphatic carbocycles. The summed E-state index contributed by atoms with van der Waals surface area (Å²) in [5.41, 5.74) is 6.56. The van der Waals surface area contributed by atoms with Gasteiger partial charge in [0.15, 0.2) is 0 Å². The molecule has 0 bridgehead atoms. The molecule has 0 aliphatic heterocycles. The highest BCUT2D eigenvalue weighted by atomic mass is 16.5. The number of hydrogen-bond donors (Lipinski definition) is 2. The average molecular weight is 239 g/mol. The molecule has 0 aliphatic rings. The Balaban J connectivity index is 2.92. The number of aliphatic hydroxyl groups excluding tert-OH is 1. The lowest BCUT2D eigenvalue weighted by Crippen LogP contribution is -2.21. The van der Waals surface area contributed by atoms with Crippen molar-refractivity contribution in [3.63, 3.8) is 0 Å². The summed E-state index contributed by atoms with van der Waals surface area (Å²) in [7, 11) is 3.17. The summed E-state index contributed by atoms with van der Waals surface area (Å²) in [5, 5.41) is 10.1. The lowest BCUT2D eigenvalue weighted by molar-refractivity contribution is 0.153. The standard InChI is InChI=1S/C13H21NO3/c1-4-9(14)7-12(15)11-8-10(16-2)5-6-13(11)17-3/h5-6,8-9,12,15H,4,7,14H2,1-3H3. The smallest absolute Gasteiger partial charge is 0.124 e. The molecule has 0 heterocycles. The lowest BCUT2D eigenvalue weighted by Gasteiger charge is -2.18. The zero-order valence-electron chi connectivity index (χ0n) is 10.6. The van der Waals surface area contributed by atoms with E-state index in [9.17, 15) is 5.11 Å². The number of nitrogens with two attached hydrogens (primary N) is 1. The Bertz CT molecular complexity index is 355. The minimum absolute atomic E-state index is 0.0130. The Labute approximate surface area is 102 Å². The van der Waals surface area contributed by atoms with Crippen molar-refractivity contribution in [1.82, 2.24) is 0 Å². The Kier molecular flexibility index (Phi) is 5.25. The molecular weight excluding hydrogens is 218 g/mol. The second-order valence-corrected chi connectivity index (χ2v) is 4.03. The fourth-order valence-corrected chi connectivity index (χ4v) is 1.68. The molecule has 4 nitrogen and oxygen atoms in total. The first kappa shape index (κ1) is 13.8. The number of rotatable bonds is 6. The lowest BCUT2D eigenvalue weighted by atomic mass is 10.00. The second-order valence-electron chi connectivity index (χ2n) is 4.03. The third kappa shape index (κ3) is 3.61. The van der Waals surface area contributed by atoms with Crippen LogP contribution in [0.4, 0.5) is 0 Å². The SMILES string of the molecule is CCC(N)CC(O)c1cc(OC)ccc1OC. The van der Waals surface area contributed by atoms with E-state index in [4.69, 9.17) is 15.2 Å². The number of benzene rings is 1. The predicted octanol–water partition coefficient (Wildman–Crippen LogP) is 1.86. The second kappa shape index (κ2) is 6.47. The first-order valence-electron chi connectivity index (χ1n) is 5.77. The molecule has 17 heavy (non-hydrogen) atoms. The summed E-state index contributed by atoms with van der Waals surface area (Å²) in [5.74, 6) is 1.35. The average Bonchev–Trinajstić information content (AvgIpc) is 2.37. The number of hydrogen-bond acceptors (Lipinski definition) is 4. The third-order valence-corrected chi connectivity index (χ3v) is 2.85. The van der Waals surface area contributed by atoms with Gasteiger partial charge in [0.1, 0.15) is 11.5 Å². The Morgan fingerprint density at radius 2 is 2.00 bits per heavy atom. The van der Waals surface area contributed by atoms with E-state index in [0.717, 1.165) is 12.0 Å². The fraction of sp³-hybridized carbons (Fsp3) is 0.538. The van der Waals surface area contributed by atoms with Gasteiger partial charge >= 0.3 is 0 Å². The van der Waals surface area contributed by atoms with E-state index in [1.807, 2.05) is 6.92 Å². The molecule has 3 N–H and O–H groups in total. The van der Waals surface area contributed by atoms with Crippen LogP contribution in [0.1, 0.15) is 31.4 Å². The van der Waals surface area contributed by atoms with E-state index in [-0.39, 0.29) is 6.04 Å². The molecule has 2 unspecified atom stereocenters. The van der Waals surface area contributed by atoms with Gasteiger partial charge in [0.2, 0.25) is 0 Å². The van der Waals surface area contributed by atoms with Gasteiger partial charge in [-0.1, -0.05) is 6.92 Å². The van der Waals surface area contributed by atoms with Crippen LogP contribution in [0.2, 0.25) is 0 Å². The van der Waals surface area contributed by atoms with Gasteiger partial charge in [-0.05, 0) is 31.0 Å². The van der Waals surface area contributed by atoms with Crippen LogP contribution in [0, 0.1) is 0 Å². The highest BCUT2D eigenvalue weighted by Crippen LogP contribution is 2.31. The largest absolute Gasteiger partial charge is 0.497 e. The maximum atomic E-state index is 10.1. The van der Waals surface area contributed by atoms with Crippen molar-refractivity contribution in [3.05, 3.63) is 23.8 Å². The maximum Gasteiger partial charge on any atom is 0.124 e. The minimum Gasteiger partial charge on any atom is -0.497 e. The maximum absolute atomic E-state index is 10.1. The molecule has 2 atom stereocenters. The van der Waals surface area contributed by atoms with Crippen LogP contribution in [-0.4, -0.2) is 25.4 Å². The number of methoxy groups -OCH3 is 2. The van der Waals surface area contributed by atoms with Gasteiger partial charge in [-0.2, -0.15) is 0 Å². The number of aliphatic hydroxyl groups is 1. The summed E-state index contributed by atoms with van der Waals surface area (Å²) in [6.07, 6.45) is 0.721. The molecule has 0 aromatic heterocycles. The van der Waals surface area contributed by atoms with Crippen molar-refractivity contribution in [3.8, 4) is 11.5 Å². The van der Waals surface area contributed by atoms with Gasteiger partial charge in [0.25, 0.3) is 0 Å². The molecule has 0 spiro atoms. The van der Waals surface area contributed by atoms with Gasteiger partial charge in [-0.15, -0.1) is 0 Å². The van der Waals surface area contributed by atoms with Gasteiger partial charge in [-0.3, -0.25) is 0 Å². The molecule has 0 fully saturated rings. The van der Waals surface area contributed by atoms with E-state index in [2.05, 4.69) is 0 Å². The molecule has 0 saturated heterocycles. The van der Waals surface area contributed by atoms with Gasteiger partial charge in [-0.25, -0.2) is 0 Å². The molecule has 0 radical (unpaired) electrons. The Morgan fingerprint density at radius 3 is 2.53 bits per heavy atom. The Morgan fingerprint density at radius 1 is 1.29 bits per heavy atom. The normalized spacial score (nSPS) is 14.2. The molecular formula is C13H21NO3. The van der Waals surface area contributed by atoms with E-state index in [1.54, 1.807) is 32.4 Å².